The maximum Gasteiger partial charge on any atom is 0.165 e. The number of anilines is 1. The van der Waals surface area contributed by atoms with E-state index in [1.807, 2.05) is 11.7 Å². The van der Waals surface area contributed by atoms with Crippen LogP contribution in [0, 0.1) is 0 Å². The maximum atomic E-state index is 5.71. The highest BCUT2D eigenvalue weighted by atomic mass is 15.3. The first kappa shape index (κ1) is 11.6. The van der Waals surface area contributed by atoms with Crippen LogP contribution in [0.4, 0.5) is 5.82 Å². The second-order valence-electron chi connectivity index (χ2n) is 3.90. The quantitative estimate of drug-likeness (QED) is 0.870. The van der Waals surface area contributed by atoms with Crippen LogP contribution < -0.4 is 5.73 Å². The number of nitrogens with zero attached hydrogens (tertiary/aromatic N) is 4. The Morgan fingerprint density at radius 3 is 2.65 bits per heavy atom. The van der Waals surface area contributed by atoms with E-state index >= 15 is 0 Å². The first-order chi connectivity index (χ1) is 8.17. The highest BCUT2D eigenvalue weighted by molar-refractivity contribution is 5.63. The van der Waals surface area contributed by atoms with Gasteiger partial charge in [-0.15, -0.1) is 0 Å². The van der Waals surface area contributed by atoms with Gasteiger partial charge in [0.15, 0.2) is 5.82 Å². The number of hydrogen-bond donors (Lipinski definition) is 1. The molecule has 2 aromatic heterocycles. The van der Waals surface area contributed by atoms with Crippen LogP contribution in [0.3, 0.4) is 0 Å². The average Bonchev–Trinajstić information content (AvgIpc) is 2.65. The van der Waals surface area contributed by atoms with E-state index in [1.54, 1.807) is 12.3 Å². The van der Waals surface area contributed by atoms with Gasteiger partial charge in [-0.2, -0.15) is 5.10 Å². The lowest BCUT2D eigenvalue weighted by Gasteiger charge is -2.04. The van der Waals surface area contributed by atoms with E-state index < -0.39 is 0 Å². The molecule has 0 amide bonds. The fourth-order valence-corrected chi connectivity index (χ4v) is 2.02. The van der Waals surface area contributed by atoms with Crippen LogP contribution in [-0.2, 0) is 19.9 Å². The lowest BCUT2D eigenvalue weighted by Crippen LogP contribution is -1.99. The summed E-state index contributed by atoms with van der Waals surface area (Å²) in [7, 11) is 1.95. The molecule has 0 saturated heterocycles. The molecule has 2 rings (SSSR count). The van der Waals surface area contributed by atoms with Crippen molar-refractivity contribution in [1.82, 2.24) is 19.7 Å². The lowest BCUT2D eigenvalue weighted by atomic mass is 10.1. The Hall–Kier alpha value is -1.91. The van der Waals surface area contributed by atoms with Crippen LogP contribution >= 0.6 is 0 Å². The van der Waals surface area contributed by atoms with E-state index in [2.05, 4.69) is 28.9 Å². The van der Waals surface area contributed by atoms with Gasteiger partial charge in [0.2, 0.25) is 0 Å². The number of rotatable bonds is 3. The van der Waals surface area contributed by atoms with Gasteiger partial charge < -0.3 is 5.73 Å². The largest absolute Gasteiger partial charge is 0.384 e. The second kappa shape index (κ2) is 4.53. The summed E-state index contributed by atoms with van der Waals surface area (Å²) in [5, 5.41) is 4.50. The Balaban J connectivity index is 2.64. The molecule has 2 N–H and O–H groups in total. The summed E-state index contributed by atoms with van der Waals surface area (Å²) in [5.74, 6) is 1.16. The fourth-order valence-electron chi connectivity index (χ4n) is 2.02. The van der Waals surface area contributed by atoms with Gasteiger partial charge in [0.25, 0.3) is 0 Å². The highest BCUT2D eigenvalue weighted by Crippen LogP contribution is 2.25. The van der Waals surface area contributed by atoms with Gasteiger partial charge in [-0.25, -0.2) is 9.97 Å². The van der Waals surface area contributed by atoms with Crippen molar-refractivity contribution < 1.29 is 0 Å². The van der Waals surface area contributed by atoms with Crippen molar-refractivity contribution in [3.63, 3.8) is 0 Å². The molecule has 0 saturated carbocycles. The monoisotopic (exact) mass is 231 g/mol. The summed E-state index contributed by atoms with van der Waals surface area (Å²) < 4.78 is 1.90. The molecule has 0 atom stereocenters. The van der Waals surface area contributed by atoms with Crippen LogP contribution in [0.2, 0.25) is 0 Å². The summed E-state index contributed by atoms with van der Waals surface area (Å²) in [6.45, 7) is 4.18. The number of hydrogen-bond acceptors (Lipinski definition) is 4. The van der Waals surface area contributed by atoms with Crippen molar-refractivity contribution >= 4 is 5.82 Å². The van der Waals surface area contributed by atoms with Crippen LogP contribution in [0.25, 0.3) is 11.4 Å². The van der Waals surface area contributed by atoms with Crippen LogP contribution in [0.5, 0.6) is 0 Å². The minimum absolute atomic E-state index is 0.489. The van der Waals surface area contributed by atoms with Crippen molar-refractivity contribution in [3.8, 4) is 11.4 Å². The zero-order valence-corrected chi connectivity index (χ0v) is 10.4. The van der Waals surface area contributed by atoms with Crippen LogP contribution in [0.1, 0.15) is 25.2 Å². The predicted molar refractivity (Wildman–Crippen MR) is 67.4 cm³/mol. The summed E-state index contributed by atoms with van der Waals surface area (Å²) in [5.41, 5.74) is 8.91. The summed E-state index contributed by atoms with van der Waals surface area (Å²) in [4.78, 5) is 8.58. The molecule has 0 fully saturated rings. The molecule has 0 aliphatic heterocycles. The molecule has 0 aliphatic rings. The Bertz CT molecular complexity index is 530. The van der Waals surface area contributed by atoms with Crippen molar-refractivity contribution in [2.75, 3.05) is 5.73 Å². The van der Waals surface area contributed by atoms with Gasteiger partial charge in [-0.1, -0.05) is 13.8 Å². The van der Waals surface area contributed by atoms with E-state index in [0.717, 1.165) is 29.8 Å². The molecule has 2 heterocycles. The second-order valence-corrected chi connectivity index (χ2v) is 3.90. The molecule has 0 aromatic carbocycles. The van der Waals surface area contributed by atoms with Crippen molar-refractivity contribution in [2.24, 2.45) is 7.05 Å². The summed E-state index contributed by atoms with van der Waals surface area (Å²) >= 11 is 0. The first-order valence-corrected chi connectivity index (χ1v) is 5.81. The maximum absolute atomic E-state index is 5.71. The summed E-state index contributed by atoms with van der Waals surface area (Å²) in [6.07, 6.45) is 3.45. The van der Waals surface area contributed by atoms with Gasteiger partial charge in [0, 0.05) is 18.9 Å². The van der Waals surface area contributed by atoms with E-state index in [1.165, 1.54) is 0 Å². The van der Waals surface area contributed by atoms with E-state index in [4.69, 9.17) is 5.73 Å². The van der Waals surface area contributed by atoms with Crippen molar-refractivity contribution in [2.45, 2.75) is 26.7 Å². The minimum Gasteiger partial charge on any atom is -0.384 e. The zero-order valence-electron chi connectivity index (χ0n) is 10.4. The highest BCUT2D eigenvalue weighted by Gasteiger charge is 2.17. The molecule has 0 bridgehead atoms. The van der Waals surface area contributed by atoms with Crippen LogP contribution in [-0.4, -0.2) is 19.7 Å². The Labute approximate surface area is 101 Å². The standard InChI is InChI=1S/C12H17N5/c1-4-8-11(9(5-2)17(3)16-8)12-14-7-6-10(13)15-12/h6-7H,4-5H2,1-3H3,(H2,13,14,15). The smallest absolute Gasteiger partial charge is 0.165 e. The number of nitrogen functional groups attached to an aromatic ring is 1. The minimum atomic E-state index is 0.489. The SMILES string of the molecule is CCc1nn(C)c(CC)c1-c1nccc(N)n1. The molecule has 17 heavy (non-hydrogen) atoms. The molecule has 0 spiro atoms. The van der Waals surface area contributed by atoms with Gasteiger partial charge in [0.1, 0.15) is 5.82 Å². The van der Waals surface area contributed by atoms with Gasteiger partial charge >= 0.3 is 0 Å². The van der Waals surface area contributed by atoms with Gasteiger partial charge in [-0.3, -0.25) is 4.68 Å². The van der Waals surface area contributed by atoms with E-state index in [-0.39, 0.29) is 0 Å². The fraction of sp³-hybridized carbons (Fsp3) is 0.417. The summed E-state index contributed by atoms with van der Waals surface area (Å²) in [6, 6.07) is 1.69. The third-order valence-electron chi connectivity index (χ3n) is 2.81. The molecule has 5 nitrogen and oxygen atoms in total. The Morgan fingerprint density at radius 2 is 2.06 bits per heavy atom. The third kappa shape index (κ3) is 2.00. The number of aryl methyl sites for hydroxylation is 2. The van der Waals surface area contributed by atoms with E-state index in [0.29, 0.717) is 11.6 Å². The molecule has 90 valence electrons. The lowest BCUT2D eigenvalue weighted by molar-refractivity contribution is 0.705. The van der Waals surface area contributed by atoms with Gasteiger partial charge in [-0.05, 0) is 18.9 Å². The molecule has 0 unspecified atom stereocenters. The van der Waals surface area contributed by atoms with Crippen LogP contribution in [0.15, 0.2) is 12.3 Å². The molecular weight excluding hydrogens is 214 g/mol. The Morgan fingerprint density at radius 1 is 1.29 bits per heavy atom. The molecule has 5 heteroatoms. The predicted octanol–water partition coefficient (Wildman–Crippen LogP) is 1.58. The molecule has 0 aliphatic carbocycles. The normalized spacial score (nSPS) is 10.8. The zero-order chi connectivity index (χ0) is 12.4. The van der Waals surface area contributed by atoms with Crippen molar-refractivity contribution in [1.29, 1.82) is 0 Å². The first-order valence-electron chi connectivity index (χ1n) is 5.81. The molecule has 2 aromatic rings. The third-order valence-corrected chi connectivity index (χ3v) is 2.81. The molecular formula is C12H17N5. The Kier molecular flexibility index (Phi) is 3.08. The topological polar surface area (TPSA) is 69.6 Å². The van der Waals surface area contributed by atoms with E-state index in [9.17, 15) is 0 Å². The number of aromatic nitrogens is 4. The molecule has 0 radical (unpaired) electrons. The number of nitrogens with two attached hydrogens (primary N) is 1. The van der Waals surface area contributed by atoms with Gasteiger partial charge in [0.05, 0.1) is 11.3 Å². The average molecular weight is 231 g/mol. The van der Waals surface area contributed by atoms with Crippen molar-refractivity contribution in [3.05, 3.63) is 23.7 Å².